The van der Waals surface area contributed by atoms with Crippen LogP contribution in [0.15, 0.2) is 26.3 Å². The van der Waals surface area contributed by atoms with Crippen LogP contribution >= 0.6 is 38.6 Å². The Balaban J connectivity index is 2.08. The average Bonchev–Trinajstić information content (AvgIpc) is 3.06. The van der Waals surface area contributed by atoms with Crippen molar-refractivity contribution >= 4 is 48.6 Å². The van der Waals surface area contributed by atoms with Crippen molar-refractivity contribution in [1.29, 1.82) is 0 Å². The molecule has 0 bridgehead atoms. The Kier molecular flexibility index (Phi) is 5.92. The van der Waals surface area contributed by atoms with Crippen molar-refractivity contribution in [2.24, 2.45) is 0 Å². The lowest BCUT2D eigenvalue weighted by Crippen LogP contribution is -2.27. The van der Waals surface area contributed by atoms with E-state index in [9.17, 15) is 8.42 Å². The van der Waals surface area contributed by atoms with E-state index in [4.69, 9.17) is 0 Å². The number of thiophene rings is 1. The summed E-state index contributed by atoms with van der Waals surface area (Å²) in [6.45, 7) is 2.93. The molecular formula is C12H16BrN3O2S3. The predicted octanol–water partition coefficient (Wildman–Crippen LogP) is 2.77. The second-order valence-corrected chi connectivity index (χ2v) is 9.62. The van der Waals surface area contributed by atoms with E-state index in [-0.39, 0.29) is 5.92 Å². The van der Waals surface area contributed by atoms with Crippen molar-refractivity contribution in [3.63, 3.8) is 0 Å². The quantitative estimate of drug-likeness (QED) is 0.737. The van der Waals surface area contributed by atoms with E-state index in [2.05, 4.69) is 31.0 Å². The molecule has 2 heterocycles. The van der Waals surface area contributed by atoms with E-state index in [1.165, 1.54) is 22.7 Å². The van der Waals surface area contributed by atoms with Gasteiger partial charge in [-0.05, 0) is 29.0 Å². The van der Waals surface area contributed by atoms with Gasteiger partial charge < -0.3 is 5.32 Å². The summed E-state index contributed by atoms with van der Waals surface area (Å²) in [6, 6.07) is 1.70. The van der Waals surface area contributed by atoms with Crippen LogP contribution in [-0.2, 0) is 16.6 Å². The first-order valence-corrected chi connectivity index (χ1v) is 10.2. The van der Waals surface area contributed by atoms with Gasteiger partial charge in [0, 0.05) is 35.5 Å². The van der Waals surface area contributed by atoms with Gasteiger partial charge in [-0.15, -0.1) is 22.7 Å². The lowest BCUT2D eigenvalue weighted by molar-refractivity contribution is 0.574. The zero-order valence-electron chi connectivity index (χ0n) is 11.6. The number of aromatic nitrogens is 1. The molecule has 2 rings (SSSR count). The van der Waals surface area contributed by atoms with Gasteiger partial charge in [0.1, 0.15) is 4.90 Å². The first-order chi connectivity index (χ1) is 9.94. The fraction of sp³-hybridized carbons (Fsp3) is 0.417. The van der Waals surface area contributed by atoms with Crippen LogP contribution in [0.1, 0.15) is 22.7 Å². The fourth-order valence-electron chi connectivity index (χ4n) is 1.72. The molecule has 0 aliphatic heterocycles. The standard InChI is InChI=1S/C12H16BrN3O2S3/c1-8(12-15-3-4-19-12)6-16-21(17,18)10-5-9(7-14-2)20-11(10)13/h3-5,8,14,16H,6-7H2,1-2H3. The maximum absolute atomic E-state index is 12.4. The van der Waals surface area contributed by atoms with Crippen LogP contribution in [0.25, 0.3) is 0 Å². The lowest BCUT2D eigenvalue weighted by atomic mass is 10.2. The van der Waals surface area contributed by atoms with Crippen molar-refractivity contribution in [3.8, 4) is 0 Å². The summed E-state index contributed by atoms with van der Waals surface area (Å²) >= 11 is 6.28. The van der Waals surface area contributed by atoms with Gasteiger partial charge in [0.05, 0.1) is 8.79 Å². The second-order valence-electron chi connectivity index (χ2n) is 4.50. The lowest BCUT2D eigenvalue weighted by Gasteiger charge is -2.10. The van der Waals surface area contributed by atoms with Crippen molar-refractivity contribution in [2.75, 3.05) is 13.6 Å². The number of thiazole rings is 1. The Morgan fingerprint density at radius 1 is 1.48 bits per heavy atom. The Morgan fingerprint density at radius 3 is 2.86 bits per heavy atom. The van der Waals surface area contributed by atoms with Crippen molar-refractivity contribution in [2.45, 2.75) is 24.3 Å². The Morgan fingerprint density at radius 2 is 2.24 bits per heavy atom. The molecule has 21 heavy (non-hydrogen) atoms. The molecule has 0 spiro atoms. The minimum absolute atomic E-state index is 0.0500. The Hall–Kier alpha value is -0.320. The van der Waals surface area contributed by atoms with Gasteiger partial charge in [-0.1, -0.05) is 6.92 Å². The number of nitrogens with zero attached hydrogens (tertiary/aromatic N) is 1. The molecule has 9 heteroatoms. The summed E-state index contributed by atoms with van der Waals surface area (Å²) in [7, 11) is -1.68. The molecule has 0 aliphatic carbocycles. The Labute approximate surface area is 141 Å². The zero-order chi connectivity index (χ0) is 15.5. The zero-order valence-corrected chi connectivity index (χ0v) is 15.6. The number of hydrogen-bond donors (Lipinski definition) is 2. The summed E-state index contributed by atoms with van der Waals surface area (Å²) in [4.78, 5) is 5.47. The minimum Gasteiger partial charge on any atom is -0.315 e. The van der Waals surface area contributed by atoms with Gasteiger partial charge >= 0.3 is 0 Å². The largest absolute Gasteiger partial charge is 0.315 e. The van der Waals surface area contributed by atoms with Crippen molar-refractivity contribution in [1.82, 2.24) is 15.0 Å². The average molecular weight is 410 g/mol. The van der Waals surface area contributed by atoms with Crippen LogP contribution in [-0.4, -0.2) is 27.0 Å². The summed E-state index contributed by atoms with van der Waals surface area (Å²) in [5.74, 6) is 0.0500. The van der Waals surface area contributed by atoms with Crippen LogP contribution in [0.3, 0.4) is 0 Å². The molecule has 0 saturated heterocycles. The van der Waals surface area contributed by atoms with Gasteiger partial charge in [0.25, 0.3) is 0 Å². The molecule has 116 valence electrons. The first kappa shape index (κ1) is 17.0. The second kappa shape index (κ2) is 7.30. The molecular weight excluding hydrogens is 394 g/mol. The number of hydrogen-bond acceptors (Lipinski definition) is 6. The van der Waals surface area contributed by atoms with Crippen LogP contribution in [0.2, 0.25) is 0 Å². The molecule has 5 nitrogen and oxygen atoms in total. The van der Waals surface area contributed by atoms with Gasteiger partial charge in [0.15, 0.2) is 0 Å². The summed E-state index contributed by atoms with van der Waals surface area (Å²) in [5, 5.41) is 5.83. The van der Waals surface area contributed by atoms with E-state index in [0.717, 1.165) is 9.88 Å². The highest BCUT2D eigenvalue weighted by Crippen LogP contribution is 2.31. The third-order valence-electron chi connectivity index (χ3n) is 2.80. The highest BCUT2D eigenvalue weighted by molar-refractivity contribution is 9.11. The summed E-state index contributed by atoms with van der Waals surface area (Å²) < 4.78 is 28.0. The first-order valence-electron chi connectivity index (χ1n) is 6.26. The van der Waals surface area contributed by atoms with Gasteiger partial charge in [-0.25, -0.2) is 18.1 Å². The van der Waals surface area contributed by atoms with Crippen LogP contribution in [0.5, 0.6) is 0 Å². The molecule has 0 aromatic carbocycles. The highest BCUT2D eigenvalue weighted by Gasteiger charge is 2.22. The molecule has 0 radical (unpaired) electrons. The molecule has 0 fully saturated rings. The van der Waals surface area contributed by atoms with Crippen molar-refractivity contribution in [3.05, 3.63) is 31.3 Å². The van der Waals surface area contributed by atoms with E-state index in [0.29, 0.717) is 21.8 Å². The van der Waals surface area contributed by atoms with Crippen LogP contribution in [0, 0.1) is 0 Å². The molecule has 2 aromatic heterocycles. The third-order valence-corrected chi connectivity index (χ3v) is 7.48. The smallest absolute Gasteiger partial charge is 0.242 e. The van der Waals surface area contributed by atoms with Crippen LogP contribution < -0.4 is 10.0 Å². The predicted molar refractivity (Wildman–Crippen MR) is 90.5 cm³/mol. The molecule has 2 N–H and O–H groups in total. The monoisotopic (exact) mass is 409 g/mol. The topological polar surface area (TPSA) is 71.1 Å². The molecule has 1 unspecified atom stereocenters. The molecule has 0 saturated carbocycles. The summed E-state index contributed by atoms with van der Waals surface area (Å²) in [6.07, 6.45) is 1.73. The van der Waals surface area contributed by atoms with Gasteiger partial charge in [-0.3, -0.25) is 0 Å². The van der Waals surface area contributed by atoms with Crippen LogP contribution in [0.4, 0.5) is 0 Å². The molecule has 0 amide bonds. The molecule has 2 aromatic rings. The third kappa shape index (κ3) is 4.33. The van der Waals surface area contributed by atoms with Gasteiger partial charge in [0.2, 0.25) is 10.0 Å². The number of nitrogens with one attached hydrogen (secondary N) is 2. The van der Waals surface area contributed by atoms with E-state index >= 15 is 0 Å². The number of halogens is 1. The fourth-order valence-corrected chi connectivity index (χ4v) is 6.24. The maximum Gasteiger partial charge on any atom is 0.242 e. The Bertz CT molecular complexity index is 683. The van der Waals surface area contributed by atoms with E-state index < -0.39 is 10.0 Å². The highest BCUT2D eigenvalue weighted by atomic mass is 79.9. The molecule has 0 aliphatic rings. The number of sulfonamides is 1. The normalized spacial score (nSPS) is 13.5. The maximum atomic E-state index is 12.4. The summed E-state index contributed by atoms with van der Waals surface area (Å²) in [5.41, 5.74) is 0. The van der Waals surface area contributed by atoms with E-state index in [1.807, 2.05) is 19.4 Å². The van der Waals surface area contributed by atoms with Gasteiger partial charge in [-0.2, -0.15) is 0 Å². The minimum atomic E-state index is -3.51. The molecule has 1 atom stereocenters. The SMILES string of the molecule is CNCc1cc(S(=O)(=O)NCC(C)c2nccs2)c(Br)s1. The number of rotatable bonds is 7. The van der Waals surface area contributed by atoms with E-state index in [1.54, 1.807) is 12.3 Å². The van der Waals surface area contributed by atoms with Crippen molar-refractivity contribution < 1.29 is 8.42 Å².